The number of hydrogen-bond donors (Lipinski definition) is 2. The molecule has 0 aliphatic heterocycles. The predicted molar refractivity (Wildman–Crippen MR) is 117 cm³/mol. The van der Waals surface area contributed by atoms with E-state index in [0.717, 1.165) is 6.07 Å². The molecule has 0 aliphatic carbocycles. The number of carbonyl (C=O) groups is 3. The summed E-state index contributed by atoms with van der Waals surface area (Å²) >= 11 is 0. The lowest BCUT2D eigenvalue weighted by atomic mass is 10.0. The fourth-order valence-electron chi connectivity index (χ4n) is 3.18. The Morgan fingerprint density at radius 1 is 1.22 bits per heavy atom. The molecule has 1 aromatic heterocycles. The smallest absolute Gasteiger partial charge is 0.293 e. The van der Waals surface area contributed by atoms with Gasteiger partial charge >= 0.3 is 0 Å². The maximum Gasteiger partial charge on any atom is 0.293 e. The molecule has 0 unspecified atom stereocenters. The van der Waals surface area contributed by atoms with Gasteiger partial charge in [-0.25, -0.2) is 4.39 Å². The summed E-state index contributed by atoms with van der Waals surface area (Å²) in [5.41, 5.74) is -0.420. The Balaban J connectivity index is 2.50. The van der Waals surface area contributed by atoms with Gasteiger partial charge in [0.15, 0.2) is 0 Å². The molecule has 1 heterocycles. The normalized spacial score (nSPS) is 10.4. The molecule has 32 heavy (non-hydrogen) atoms. The molecule has 7 nitrogen and oxygen atoms in total. The third-order valence-corrected chi connectivity index (χ3v) is 4.80. The Morgan fingerprint density at radius 2 is 1.88 bits per heavy atom. The van der Waals surface area contributed by atoms with Gasteiger partial charge in [-0.2, -0.15) is 5.26 Å². The van der Waals surface area contributed by atoms with Gasteiger partial charge in [-0.1, -0.05) is 11.8 Å². The number of carbonyl (C=O) groups excluding carboxylic acids is 3. The second kappa shape index (κ2) is 9.20. The van der Waals surface area contributed by atoms with Crippen molar-refractivity contribution in [2.45, 2.75) is 39.8 Å². The molecule has 2 aromatic rings. The molecule has 2 N–H and O–H groups in total. The summed E-state index contributed by atoms with van der Waals surface area (Å²) in [5, 5.41) is 14.0. The Kier molecular flexibility index (Phi) is 6.88. The van der Waals surface area contributed by atoms with Crippen LogP contribution in [0.3, 0.4) is 0 Å². The van der Waals surface area contributed by atoms with Crippen LogP contribution in [0, 0.1) is 55.7 Å². The van der Waals surface area contributed by atoms with Crippen molar-refractivity contribution in [1.29, 1.82) is 5.26 Å². The predicted octanol–water partition coefficient (Wildman–Crippen LogP) is 2.71. The van der Waals surface area contributed by atoms with Crippen LogP contribution in [-0.2, 0) is 11.3 Å². The Morgan fingerprint density at radius 3 is 2.44 bits per heavy atom. The zero-order valence-corrected chi connectivity index (χ0v) is 18.1. The second-order valence-corrected chi connectivity index (χ2v) is 7.54. The second-order valence-electron chi connectivity index (χ2n) is 7.54. The van der Waals surface area contributed by atoms with Crippen LogP contribution in [0.2, 0.25) is 0 Å². The lowest BCUT2D eigenvalue weighted by Gasteiger charge is -2.18. The molecule has 0 atom stereocenters. The summed E-state index contributed by atoms with van der Waals surface area (Å²) in [6, 6.07) is 5.23. The SMILES string of the molecule is C#CCn1c(C)c(C(=O)C(=O)NC(C)(C)C#C)c(C)c1C(=O)Nc1ccc(F)c(C#N)c1. The fraction of sp³-hybridized carbons (Fsp3) is 0.250. The molecule has 0 saturated carbocycles. The quantitative estimate of drug-likeness (QED) is 0.416. The number of nitriles is 1. The molecule has 0 saturated heterocycles. The van der Waals surface area contributed by atoms with Crippen molar-refractivity contribution in [3.63, 3.8) is 0 Å². The summed E-state index contributed by atoms with van der Waals surface area (Å²) in [5.74, 6) is 1.66. The maximum absolute atomic E-state index is 13.6. The van der Waals surface area contributed by atoms with Crippen molar-refractivity contribution in [1.82, 2.24) is 9.88 Å². The van der Waals surface area contributed by atoms with Crippen LogP contribution < -0.4 is 10.6 Å². The minimum Gasteiger partial charge on any atom is -0.333 e. The average Bonchev–Trinajstić information content (AvgIpc) is 2.98. The zero-order valence-electron chi connectivity index (χ0n) is 18.1. The highest BCUT2D eigenvalue weighted by molar-refractivity contribution is 6.43. The molecule has 0 fully saturated rings. The number of hydrogen-bond acceptors (Lipinski definition) is 4. The van der Waals surface area contributed by atoms with Crippen LogP contribution in [-0.4, -0.2) is 27.7 Å². The van der Waals surface area contributed by atoms with Crippen molar-refractivity contribution >= 4 is 23.3 Å². The summed E-state index contributed by atoms with van der Waals surface area (Å²) in [4.78, 5) is 38.4. The van der Waals surface area contributed by atoms with Crippen LogP contribution in [0.5, 0.6) is 0 Å². The molecule has 0 spiro atoms. The van der Waals surface area contributed by atoms with Crippen molar-refractivity contribution in [3.05, 3.63) is 52.1 Å². The van der Waals surface area contributed by atoms with Gasteiger partial charge < -0.3 is 15.2 Å². The van der Waals surface area contributed by atoms with Gasteiger partial charge in [0.05, 0.1) is 23.2 Å². The highest BCUT2D eigenvalue weighted by atomic mass is 19.1. The van der Waals surface area contributed by atoms with Crippen molar-refractivity contribution in [3.8, 4) is 30.8 Å². The van der Waals surface area contributed by atoms with Crippen LogP contribution >= 0.6 is 0 Å². The van der Waals surface area contributed by atoms with Gasteiger partial charge in [-0.15, -0.1) is 12.8 Å². The number of terminal acetylenes is 2. The van der Waals surface area contributed by atoms with E-state index in [1.54, 1.807) is 26.8 Å². The summed E-state index contributed by atoms with van der Waals surface area (Å²) in [6.45, 7) is 6.19. The average molecular weight is 432 g/mol. The van der Waals surface area contributed by atoms with Gasteiger partial charge in [0.1, 0.15) is 17.6 Å². The number of nitrogens with zero attached hydrogens (tertiary/aromatic N) is 2. The number of anilines is 1. The van der Waals surface area contributed by atoms with Gasteiger partial charge in [0.25, 0.3) is 17.6 Å². The molecular weight excluding hydrogens is 411 g/mol. The first-order valence-corrected chi connectivity index (χ1v) is 9.46. The minimum atomic E-state index is -1.04. The number of nitrogens with one attached hydrogen (secondary N) is 2. The standard InChI is InChI=1S/C24H21FN4O3/c1-7-11-29-15(4)19(21(30)23(32)28-24(5,6)8-2)14(3)20(29)22(31)27-17-9-10-18(25)16(12-17)13-26/h1-2,9-10,12H,11H2,3-6H3,(H,27,31)(H,28,32). The molecule has 8 heteroatoms. The van der Waals surface area contributed by atoms with E-state index < -0.39 is 29.0 Å². The number of aromatic nitrogens is 1. The number of ketones is 1. The molecule has 0 radical (unpaired) electrons. The summed E-state index contributed by atoms with van der Waals surface area (Å²) in [7, 11) is 0. The van der Waals surface area contributed by atoms with Gasteiger partial charge in [0, 0.05) is 11.4 Å². The molecular formula is C24H21FN4O3. The monoisotopic (exact) mass is 432 g/mol. The van der Waals surface area contributed by atoms with Crippen molar-refractivity contribution in [2.75, 3.05) is 5.32 Å². The summed E-state index contributed by atoms with van der Waals surface area (Å²) in [6.07, 6.45) is 10.8. The molecule has 1 aromatic carbocycles. The van der Waals surface area contributed by atoms with E-state index in [2.05, 4.69) is 22.5 Å². The van der Waals surface area contributed by atoms with E-state index in [0.29, 0.717) is 5.69 Å². The molecule has 162 valence electrons. The number of amides is 2. The van der Waals surface area contributed by atoms with E-state index in [1.807, 2.05) is 0 Å². The van der Waals surface area contributed by atoms with Crippen LogP contribution in [0.25, 0.3) is 0 Å². The van der Waals surface area contributed by atoms with Crippen LogP contribution in [0.15, 0.2) is 18.2 Å². The fourth-order valence-corrected chi connectivity index (χ4v) is 3.18. The molecule has 2 amide bonds. The van der Waals surface area contributed by atoms with E-state index >= 15 is 0 Å². The third-order valence-electron chi connectivity index (χ3n) is 4.80. The van der Waals surface area contributed by atoms with Gasteiger partial charge in [-0.3, -0.25) is 14.4 Å². The maximum atomic E-state index is 13.6. The third kappa shape index (κ3) is 4.69. The zero-order chi connectivity index (χ0) is 24.2. The van der Waals surface area contributed by atoms with Crippen molar-refractivity contribution < 1.29 is 18.8 Å². The molecule has 2 rings (SSSR count). The minimum absolute atomic E-state index is 0.0347. The lowest BCUT2D eigenvalue weighted by molar-refractivity contribution is -0.118. The molecule has 0 bridgehead atoms. The molecule has 0 aliphatic rings. The van der Waals surface area contributed by atoms with E-state index in [1.165, 1.54) is 23.6 Å². The first kappa shape index (κ1) is 23.9. The Bertz CT molecular complexity index is 1250. The van der Waals surface area contributed by atoms with Crippen LogP contribution in [0.1, 0.15) is 51.5 Å². The van der Waals surface area contributed by atoms with Gasteiger partial charge in [0.2, 0.25) is 0 Å². The Hall–Kier alpha value is -4.35. The first-order valence-electron chi connectivity index (χ1n) is 9.46. The highest BCUT2D eigenvalue weighted by Crippen LogP contribution is 2.25. The Labute approximate surface area is 185 Å². The lowest BCUT2D eigenvalue weighted by Crippen LogP contribution is -2.45. The highest BCUT2D eigenvalue weighted by Gasteiger charge is 2.31. The first-order chi connectivity index (χ1) is 15.0. The van der Waals surface area contributed by atoms with Crippen molar-refractivity contribution in [2.24, 2.45) is 0 Å². The van der Waals surface area contributed by atoms with E-state index in [4.69, 9.17) is 18.1 Å². The number of rotatable bonds is 6. The summed E-state index contributed by atoms with van der Waals surface area (Å²) < 4.78 is 15.0. The largest absolute Gasteiger partial charge is 0.333 e. The topological polar surface area (TPSA) is 104 Å². The number of benzene rings is 1. The van der Waals surface area contributed by atoms with E-state index in [-0.39, 0.29) is 34.6 Å². The van der Waals surface area contributed by atoms with E-state index in [9.17, 15) is 18.8 Å². The van der Waals surface area contributed by atoms with Crippen LogP contribution in [0.4, 0.5) is 10.1 Å². The number of Topliss-reactive ketones (excluding diaryl/α,β-unsaturated/α-hetero) is 1. The van der Waals surface area contributed by atoms with Gasteiger partial charge in [-0.05, 0) is 51.5 Å². The number of halogens is 1.